The third-order valence-electron chi connectivity index (χ3n) is 3.23. The lowest BCUT2D eigenvalue weighted by molar-refractivity contribution is -0.128. The molecule has 1 unspecified atom stereocenters. The van der Waals surface area contributed by atoms with Gasteiger partial charge in [0, 0.05) is 19.2 Å². The Morgan fingerprint density at radius 2 is 2.06 bits per heavy atom. The van der Waals surface area contributed by atoms with Crippen LogP contribution in [0.25, 0.3) is 0 Å². The average molecular weight is 247 g/mol. The highest BCUT2D eigenvalue weighted by molar-refractivity contribution is 6.42. The first-order valence-corrected chi connectivity index (χ1v) is 6.13. The van der Waals surface area contributed by atoms with Gasteiger partial charge in [0.2, 0.25) is 5.78 Å². The van der Waals surface area contributed by atoms with Crippen molar-refractivity contribution in [2.45, 2.75) is 18.9 Å². The summed E-state index contributed by atoms with van der Waals surface area (Å²) in [6.07, 6.45) is 1.84. The molecule has 0 bridgehead atoms. The van der Waals surface area contributed by atoms with E-state index in [0.717, 1.165) is 12.8 Å². The molecule has 1 fully saturated rings. The zero-order chi connectivity index (χ0) is 13.0. The molecule has 1 saturated heterocycles. The maximum atomic E-state index is 12.2. The fourth-order valence-corrected chi connectivity index (χ4v) is 2.31. The van der Waals surface area contributed by atoms with Gasteiger partial charge in [0.25, 0.3) is 5.91 Å². The molecule has 96 valence electrons. The first-order chi connectivity index (χ1) is 8.74. The van der Waals surface area contributed by atoms with Crippen molar-refractivity contribution in [2.24, 2.45) is 0 Å². The van der Waals surface area contributed by atoms with Crippen molar-refractivity contribution in [3.63, 3.8) is 0 Å². The quantitative estimate of drug-likeness (QED) is 0.598. The van der Waals surface area contributed by atoms with Crippen LogP contribution in [-0.2, 0) is 9.53 Å². The minimum atomic E-state index is -0.432. The summed E-state index contributed by atoms with van der Waals surface area (Å²) in [4.78, 5) is 25.8. The van der Waals surface area contributed by atoms with Gasteiger partial charge in [0.05, 0.1) is 12.6 Å². The number of nitrogens with zero attached hydrogens (tertiary/aromatic N) is 1. The maximum Gasteiger partial charge on any atom is 0.295 e. The van der Waals surface area contributed by atoms with Gasteiger partial charge in [-0.3, -0.25) is 9.59 Å². The van der Waals surface area contributed by atoms with Crippen LogP contribution >= 0.6 is 0 Å². The van der Waals surface area contributed by atoms with E-state index in [9.17, 15) is 9.59 Å². The number of hydrogen-bond donors (Lipinski definition) is 0. The molecule has 4 heteroatoms. The number of methoxy groups -OCH3 is 1. The second kappa shape index (κ2) is 5.78. The largest absolute Gasteiger partial charge is 0.383 e. The van der Waals surface area contributed by atoms with Crippen molar-refractivity contribution >= 4 is 11.7 Å². The van der Waals surface area contributed by atoms with Crippen LogP contribution in [0.1, 0.15) is 23.2 Å². The summed E-state index contributed by atoms with van der Waals surface area (Å²) < 4.78 is 5.09. The Morgan fingerprint density at radius 3 is 2.72 bits per heavy atom. The monoisotopic (exact) mass is 247 g/mol. The van der Waals surface area contributed by atoms with E-state index in [-0.39, 0.29) is 6.04 Å². The fourth-order valence-electron chi connectivity index (χ4n) is 2.31. The van der Waals surface area contributed by atoms with Gasteiger partial charge in [-0.05, 0) is 12.8 Å². The third kappa shape index (κ3) is 2.59. The average Bonchev–Trinajstić information content (AvgIpc) is 2.87. The van der Waals surface area contributed by atoms with Crippen molar-refractivity contribution in [3.05, 3.63) is 35.9 Å². The number of hydrogen-bond acceptors (Lipinski definition) is 3. The van der Waals surface area contributed by atoms with Gasteiger partial charge in [0.15, 0.2) is 0 Å². The van der Waals surface area contributed by atoms with Gasteiger partial charge in [-0.15, -0.1) is 0 Å². The second-order valence-electron chi connectivity index (χ2n) is 4.45. The zero-order valence-corrected chi connectivity index (χ0v) is 10.5. The highest BCUT2D eigenvalue weighted by Crippen LogP contribution is 2.18. The van der Waals surface area contributed by atoms with E-state index in [4.69, 9.17) is 4.74 Å². The van der Waals surface area contributed by atoms with Gasteiger partial charge in [-0.2, -0.15) is 0 Å². The lowest BCUT2D eigenvalue weighted by Gasteiger charge is -2.23. The summed E-state index contributed by atoms with van der Waals surface area (Å²) in [5.41, 5.74) is 0.450. The van der Waals surface area contributed by atoms with Gasteiger partial charge >= 0.3 is 0 Å². The number of benzene rings is 1. The molecule has 0 radical (unpaired) electrons. The lowest BCUT2D eigenvalue weighted by atomic mass is 10.1. The molecule has 2 rings (SSSR count). The van der Waals surface area contributed by atoms with E-state index in [1.807, 2.05) is 6.07 Å². The van der Waals surface area contributed by atoms with E-state index in [0.29, 0.717) is 18.7 Å². The normalized spacial score (nSPS) is 18.9. The van der Waals surface area contributed by atoms with Crippen LogP contribution in [-0.4, -0.2) is 42.9 Å². The second-order valence-corrected chi connectivity index (χ2v) is 4.45. The molecule has 0 saturated carbocycles. The van der Waals surface area contributed by atoms with Crippen LogP contribution in [0.2, 0.25) is 0 Å². The van der Waals surface area contributed by atoms with Gasteiger partial charge < -0.3 is 9.64 Å². The topological polar surface area (TPSA) is 46.6 Å². The van der Waals surface area contributed by atoms with Crippen molar-refractivity contribution in [2.75, 3.05) is 20.3 Å². The van der Waals surface area contributed by atoms with Gasteiger partial charge in [0.1, 0.15) is 0 Å². The number of carbonyl (C=O) groups is 2. The number of Topliss-reactive ketones (excluding diaryl/α,β-unsaturated/α-hetero) is 1. The standard InChI is InChI=1S/C14H17NO3/c1-18-10-12-8-5-9-15(12)14(17)13(16)11-6-3-2-4-7-11/h2-4,6-7,12H,5,8-10H2,1H3. The minimum Gasteiger partial charge on any atom is -0.383 e. The van der Waals surface area contributed by atoms with Crippen molar-refractivity contribution < 1.29 is 14.3 Å². The molecule has 1 atom stereocenters. The van der Waals surface area contributed by atoms with Crippen LogP contribution in [0.15, 0.2) is 30.3 Å². The number of likely N-dealkylation sites (tertiary alicyclic amines) is 1. The Kier molecular flexibility index (Phi) is 4.10. The van der Waals surface area contributed by atoms with E-state index in [2.05, 4.69) is 0 Å². The summed E-state index contributed by atoms with van der Waals surface area (Å²) in [7, 11) is 1.61. The molecule has 0 aliphatic carbocycles. The Bertz CT molecular complexity index is 430. The molecule has 0 spiro atoms. The number of ether oxygens (including phenoxy) is 1. The molecule has 1 aromatic carbocycles. The summed E-state index contributed by atoms with van der Waals surface area (Å²) in [6.45, 7) is 1.14. The van der Waals surface area contributed by atoms with E-state index in [1.54, 1.807) is 36.3 Å². The molecular weight excluding hydrogens is 230 g/mol. The molecule has 4 nitrogen and oxygen atoms in total. The summed E-state index contributed by atoms with van der Waals surface area (Å²) in [5, 5.41) is 0. The Balaban J connectivity index is 2.09. The Hall–Kier alpha value is -1.68. The molecule has 1 heterocycles. The van der Waals surface area contributed by atoms with E-state index in [1.165, 1.54) is 0 Å². The predicted molar refractivity (Wildman–Crippen MR) is 67.4 cm³/mol. The molecule has 1 aromatic rings. The van der Waals surface area contributed by atoms with E-state index < -0.39 is 11.7 Å². The minimum absolute atomic E-state index is 0.0372. The number of carbonyl (C=O) groups excluding carboxylic acids is 2. The first-order valence-electron chi connectivity index (χ1n) is 6.13. The Morgan fingerprint density at radius 1 is 1.33 bits per heavy atom. The lowest BCUT2D eigenvalue weighted by Crippen LogP contribution is -2.42. The van der Waals surface area contributed by atoms with Crippen molar-refractivity contribution in [1.82, 2.24) is 4.90 Å². The Labute approximate surface area is 107 Å². The van der Waals surface area contributed by atoms with Crippen LogP contribution < -0.4 is 0 Å². The van der Waals surface area contributed by atoms with Crippen molar-refractivity contribution in [1.29, 1.82) is 0 Å². The van der Waals surface area contributed by atoms with Crippen LogP contribution in [0, 0.1) is 0 Å². The van der Waals surface area contributed by atoms with Gasteiger partial charge in [-0.25, -0.2) is 0 Å². The highest BCUT2D eigenvalue weighted by atomic mass is 16.5. The highest BCUT2D eigenvalue weighted by Gasteiger charge is 2.32. The molecular formula is C14H17NO3. The molecule has 1 aliphatic rings. The fraction of sp³-hybridized carbons (Fsp3) is 0.429. The summed E-state index contributed by atoms with van der Waals surface area (Å²) in [6, 6.07) is 8.72. The van der Waals surface area contributed by atoms with Crippen LogP contribution in [0.3, 0.4) is 0 Å². The molecule has 18 heavy (non-hydrogen) atoms. The summed E-state index contributed by atoms with van der Waals surface area (Å²) in [5.74, 6) is -0.848. The van der Waals surface area contributed by atoms with Gasteiger partial charge in [-0.1, -0.05) is 30.3 Å². The molecule has 0 aromatic heterocycles. The SMILES string of the molecule is COCC1CCCN1C(=O)C(=O)c1ccccc1. The molecule has 1 amide bonds. The zero-order valence-electron chi connectivity index (χ0n) is 10.5. The first kappa shape index (κ1) is 12.8. The maximum absolute atomic E-state index is 12.2. The third-order valence-corrected chi connectivity index (χ3v) is 3.23. The van der Waals surface area contributed by atoms with E-state index >= 15 is 0 Å². The number of rotatable bonds is 4. The van der Waals surface area contributed by atoms with Crippen LogP contribution in [0.5, 0.6) is 0 Å². The predicted octanol–water partition coefficient (Wildman–Crippen LogP) is 1.51. The summed E-state index contributed by atoms with van der Waals surface area (Å²) >= 11 is 0. The smallest absolute Gasteiger partial charge is 0.295 e. The van der Waals surface area contributed by atoms with Crippen molar-refractivity contribution in [3.8, 4) is 0 Å². The number of amides is 1. The molecule has 0 N–H and O–H groups in total. The molecule has 1 aliphatic heterocycles. The number of ketones is 1. The van der Waals surface area contributed by atoms with Crippen LogP contribution in [0.4, 0.5) is 0 Å².